The Morgan fingerprint density at radius 2 is 2.00 bits per heavy atom. The molecule has 2 aromatic carbocycles. The van der Waals surface area contributed by atoms with Gasteiger partial charge in [-0.05, 0) is 41.5 Å². The Kier molecular flexibility index (Phi) is 4.80. The van der Waals surface area contributed by atoms with Gasteiger partial charge in [0.2, 0.25) is 5.91 Å². The topological polar surface area (TPSA) is 36.4 Å². The van der Waals surface area contributed by atoms with Gasteiger partial charge in [0.1, 0.15) is 0 Å². The second-order valence-electron chi connectivity index (χ2n) is 7.43. The van der Waals surface area contributed by atoms with Crippen LogP contribution in [0.2, 0.25) is 0 Å². The summed E-state index contributed by atoms with van der Waals surface area (Å²) >= 11 is 0. The quantitative estimate of drug-likeness (QED) is 0.700. The van der Waals surface area contributed by atoms with Crippen molar-refractivity contribution in [3.8, 4) is 0 Å². The molecule has 0 spiro atoms. The van der Waals surface area contributed by atoms with Crippen LogP contribution >= 0.6 is 0 Å². The Morgan fingerprint density at radius 1 is 1.15 bits per heavy atom. The van der Waals surface area contributed by atoms with Crippen molar-refractivity contribution in [1.29, 1.82) is 0 Å². The third-order valence-corrected chi connectivity index (χ3v) is 5.44. The van der Waals surface area contributed by atoms with Crippen LogP contribution < -0.4 is 4.90 Å². The molecule has 0 N–H and O–H groups in total. The highest BCUT2D eigenvalue weighted by Crippen LogP contribution is 2.34. The predicted molar refractivity (Wildman–Crippen MR) is 110 cm³/mol. The van der Waals surface area contributed by atoms with Gasteiger partial charge < -0.3 is 9.80 Å². The summed E-state index contributed by atoms with van der Waals surface area (Å²) in [5.41, 5.74) is 3.40. The molecule has 4 rings (SSSR count). The predicted octanol–water partition coefficient (Wildman–Crippen LogP) is 4.21. The Bertz CT molecular complexity index is 961. The van der Waals surface area contributed by atoms with E-state index in [1.165, 1.54) is 11.3 Å². The molecule has 0 bridgehead atoms. The van der Waals surface area contributed by atoms with Crippen LogP contribution in [0, 0.1) is 0 Å². The average molecular weight is 359 g/mol. The zero-order valence-electron chi connectivity index (χ0n) is 15.9. The minimum absolute atomic E-state index is 0.167. The van der Waals surface area contributed by atoms with E-state index in [9.17, 15) is 4.79 Å². The highest BCUT2D eigenvalue weighted by atomic mass is 16.2. The maximum absolute atomic E-state index is 13.1. The van der Waals surface area contributed by atoms with Crippen molar-refractivity contribution < 1.29 is 4.79 Å². The molecule has 1 fully saturated rings. The molecule has 1 aromatic heterocycles. The number of hydrogen-bond acceptors (Lipinski definition) is 3. The van der Waals surface area contributed by atoms with Gasteiger partial charge in [0.15, 0.2) is 0 Å². The highest BCUT2D eigenvalue weighted by molar-refractivity contribution is 5.89. The molecule has 1 unspecified atom stereocenters. The van der Waals surface area contributed by atoms with Crippen LogP contribution in [-0.4, -0.2) is 36.4 Å². The Morgan fingerprint density at radius 3 is 2.85 bits per heavy atom. The first-order valence-electron chi connectivity index (χ1n) is 9.52. The first-order chi connectivity index (χ1) is 13.1. The normalized spacial score (nSPS) is 16.7. The second kappa shape index (κ2) is 7.39. The summed E-state index contributed by atoms with van der Waals surface area (Å²) in [5.74, 6) is 0.186. The van der Waals surface area contributed by atoms with E-state index < -0.39 is 0 Å². The van der Waals surface area contributed by atoms with E-state index in [1.54, 1.807) is 0 Å². The van der Waals surface area contributed by atoms with Gasteiger partial charge in [0, 0.05) is 44.1 Å². The summed E-state index contributed by atoms with van der Waals surface area (Å²) in [6, 6.07) is 16.8. The van der Waals surface area contributed by atoms with Gasteiger partial charge >= 0.3 is 0 Å². The molecule has 2 heterocycles. The summed E-state index contributed by atoms with van der Waals surface area (Å²) in [5, 5.41) is 2.20. The van der Waals surface area contributed by atoms with Gasteiger partial charge in [0.05, 0.1) is 12.5 Å². The number of hydrogen-bond donors (Lipinski definition) is 0. The number of carbonyl (C=O) groups is 1. The summed E-state index contributed by atoms with van der Waals surface area (Å²) in [6.07, 6.45) is 6.16. The van der Waals surface area contributed by atoms with Gasteiger partial charge in [0.25, 0.3) is 0 Å². The molecule has 1 saturated heterocycles. The van der Waals surface area contributed by atoms with E-state index in [0.29, 0.717) is 6.42 Å². The van der Waals surface area contributed by atoms with Crippen molar-refractivity contribution in [2.24, 2.45) is 0 Å². The first kappa shape index (κ1) is 17.5. The zero-order valence-corrected chi connectivity index (χ0v) is 15.9. The number of anilines is 1. The minimum atomic E-state index is 0.167. The van der Waals surface area contributed by atoms with Crippen molar-refractivity contribution in [3.63, 3.8) is 0 Å². The van der Waals surface area contributed by atoms with Crippen LogP contribution in [0.4, 0.5) is 5.69 Å². The van der Waals surface area contributed by atoms with Crippen molar-refractivity contribution in [2.75, 3.05) is 25.5 Å². The van der Waals surface area contributed by atoms with Crippen molar-refractivity contribution in [1.82, 2.24) is 9.88 Å². The Labute approximate surface area is 160 Å². The maximum atomic E-state index is 13.1. The molecule has 1 aliphatic rings. The fourth-order valence-corrected chi connectivity index (χ4v) is 4.01. The van der Waals surface area contributed by atoms with Gasteiger partial charge in [-0.2, -0.15) is 0 Å². The van der Waals surface area contributed by atoms with E-state index in [-0.39, 0.29) is 11.9 Å². The first-order valence-corrected chi connectivity index (χ1v) is 9.52. The summed E-state index contributed by atoms with van der Waals surface area (Å²) in [4.78, 5) is 21.6. The monoisotopic (exact) mass is 359 g/mol. The number of fused-ring (bicyclic) bond motifs is 1. The molecule has 1 atom stereocenters. The van der Waals surface area contributed by atoms with E-state index in [2.05, 4.69) is 45.1 Å². The smallest absolute Gasteiger partial charge is 0.227 e. The van der Waals surface area contributed by atoms with Crippen molar-refractivity contribution in [2.45, 2.75) is 25.3 Å². The van der Waals surface area contributed by atoms with Gasteiger partial charge in [-0.15, -0.1) is 0 Å². The van der Waals surface area contributed by atoms with Crippen LogP contribution in [0.3, 0.4) is 0 Å². The Hall–Kier alpha value is -2.88. The molecule has 0 radical (unpaired) electrons. The number of aromatic nitrogens is 1. The number of benzene rings is 2. The van der Waals surface area contributed by atoms with Crippen molar-refractivity contribution in [3.05, 3.63) is 72.1 Å². The molecule has 27 heavy (non-hydrogen) atoms. The standard InChI is InChI=1S/C23H25N3O/c1-25(2)20-9-5-8-17(13-20)22-11-6-12-26(22)23(27)14-19-16-24-15-18-7-3-4-10-21(18)19/h3-5,7-10,13,15-16,22H,6,11-12,14H2,1-2H3. The number of pyridine rings is 1. The number of rotatable bonds is 4. The summed E-state index contributed by atoms with van der Waals surface area (Å²) in [6.45, 7) is 0.827. The molecular formula is C23H25N3O. The zero-order chi connectivity index (χ0) is 18.8. The lowest BCUT2D eigenvalue weighted by atomic mass is 10.0. The van der Waals surface area contributed by atoms with E-state index >= 15 is 0 Å². The maximum Gasteiger partial charge on any atom is 0.227 e. The van der Waals surface area contributed by atoms with Gasteiger partial charge in [-0.3, -0.25) is 9.78 Å². The number of amides is 1. The van der Waals surface area contributed by atoms with Crippen LogP contribution in [0.15, 0.2) is 60.9 Å². The van der Waals surface area contributed by atoms with E-state index in [1.807, 2.05) is 44.7 Å². The number of likely N-dealkylation sites (tertiary alicyclic amines) is 1. The molecule has 4 nitrogen and oxygen atoms in total. The number of carbonyl (C=O) groups excluding carboxylic acids is 1. The molecule has 0 aliphatic carbocycles. The van der Waals surface area contributed by atoms with Crippen LogP contribution in [-0.2, 0) is 11.2 Å². The Balaban J connectivity index is 1.58. The lowest BCUT2D eigenvalue weighted by Crippen LogP contribution is -2.32. The molecule has 0 saturated carbocycles. The fraction of sp³-hybridized carbons (Fsp3) is 0.304. The average Bonchev–Trinajstić information content (AvgIpc) is 3.18. The summed E-state index contributed by atoms with van der Waals surface area (Å²) in [7, 11) is 4.09. The highest BCUT2D eigenvalue weighted by Gasteiger charge is 2.30. The molecule has 138 valence electrons. The van der Waals surface area contributed by atoms with Crippen molar-refractivity contribution >= 4 is 22.4 Å². The second-order valence-corrected chi connectivity index (χ2v) is 7.43. The van der Waals surface area contributed by atoms with Gasteiger partial charge in [-0.25, -0.2) is 0 Å². The van der Waals surface area contributed by atoms with E-state index in [0.717, 1.165) is 35.7 Å². The summed E-state index contributed by atoms with van der Waals surface area (Å²) < 4.78 is 0. The largest absolute Gasteiger partial charge is 0.378 e. The van der Waals surface area contributed by atoms with Gasteiger partial charge in [-0.1, -0.05) is 36.4 Å². The lowest BCUT2D eigenvalue weighted by molar-refractivity contribution is -0.131. The molecule has 1 aliphatic heterocycles. The van der Waals surface area contributed by atoms with Crippen LogP contribution in [0.1, 0.15) is 30.0 Å². The van der Waals surface area contributed by atoms with Crippen LogP contribution in [0.5, 0.6) is 0 Å². The van der Waals surface area contributed by atoms with Crippen LogP contribution in [0.25, 0.3) is 10.8 Å². The minimum Gasteiger partial charge on any atom is -0.378 e. The SMILES string of the molecule is CN(C)c1cccc(C2CCCN2C(=O)Cc2cncc3ccccc23)c1. The molecule has 4 heteroatoms. The number of nitrogens with zero attached hydrogens (tertiary/aromatic N) is 3. The third-order valence-electron chi connectivity index (χ3n) is 5.44. The lowest BCUT2D eigenvalue weighted by Gasteiger charge is -2.26. The molecular weight excluding hydrogens is 334 g/mol. The molecule has 3 aromatic rings. The third kappa shape index (κ3) is 3.52. The van der Waals surface area contributed by atoms with E-state index in [4.69, 9.17) is 0 Å². The molecule has 1 amide bonds. The fourth-order valence-electron chi connectivity index (χ4n) is 4.01.